The Bertz CT molecular complexity index is 2660. The van der Waals surface area contributed by atoms with Crippen molar-refractivity contribution >= 4 is 66.7 Å². The lowest BCUT2D eigenvalue weighted by Crippen LogP contribution is -2.10. The van der Waals surface area contributed by atoms with Gasteiger partial charge in [-0.3, -0.25) is 0 Å². The highest BCUT2D eigenvalue weighted by Crippen LogP contribution is 2.42. The van der Waals surface area contributed by atoms with E-state index in [4.69, 9.17) is 0 Å². The summed E-state index contributed by atoms with van der Waals surface area (Å²) in [5.74, 6) is 0. The third-order valence-corrected chi connectivity index (χ3v) is 9.77. The van der Waals surface area contributed by atoms with E-state index in [1.807, 2.05) is 0 Å². The lowest BCUT2D eigenvalue weighted by molar-refractivity contribution is 1.18. The summed E-state index contributed by atoms with van der Waals surface area (Å²) in [4.78, 5) is 4.70. The predicted molar refractivity (Wildman–Crippen MR) is 217 cm³/mol. The van der Waals surface area contributed by atoms with Gasteiger partial charge in [-0.1, -0.05) is 91.0 Å². The summed E-state index contributed by atoms with van der Waals surface area (Å²) in [5.41, 5.74) is 12.7. The van der Waals surface area contributed by atoms with E-state index in [1.165, 1.54) is 43.7 Å². The molecule has 1 aromatic heterocycles. The minimum Gasteiger partial charge on any atom is -0.310 e. The highest BCUT2D eigenvalue weighted by molar-refractivity contribution is 6.14. The van der Waals surface area contributed by atoms with Crippen LogP contribution in [0.1, 0.15) is 11.1 Å². The number of para-hydroxylation sites is 3. The van der Waals surface area contributed by atoms with Crippen LogP contribution in [0.2, 0.25) is 0 Å². The number of anilines is 6. The van der Waals surface area contributed by atoms with Crippen LogP contribution in [0.25, 0.3) is 38.3 Å². The molecule has 0 bridgehead atoms. The number of fused-ring (bicyclic) bond motifs is 4. The SMILES string of the molecule is Cc1cccc(N(c2ccccc2)c2ccc3cc4c5ccc(N(c6ccccc6)c6cccc(C)c6)cc5n(-c5ccccc5)c4cc3c2)c1. The molecule has 9 aromatic rings. The van der Waals surface area contributed by atoms with Crippen molar-refractivity contribution in [3.63, 3.8) is 0 Å². The van der Waals surface area contributed by atoms with Crippen LogP contribution in [0, 0.1) is 13.8 Å². The number of hydrogen-bond donors (Lipinski definition) is 0. The number of aryl methyl sites for hydroxylation is 2. The highest BCUT2D eigenvalue weighted by atomic mass is 15.1. The number of aromatic nitrogens is 1. The number of benzene rings is 8. The zero-order chi connectivity index (χ0) is 34.3. The highest BCUT2D eigenvalue weighted by Gasteiger charge is 2.19. The van der Waals surface area contributed by atoms with Crippen LogP contribution in [0.4, 0.5) is 34.1 Å². The molecular weight excluding hydrogens is 619 g/mol. The molecule has 0 amide bonds. The van der Waals surface area contributed by atoms with Gasteiger partial charge in [0.1, 0.15) is 0 Å². The average Bonchev–Trinajstić information content (AvgIpc) is 3.48. The second-order valence-corrected chi connectivity index (χ2v) is 13.3. The number of hydrogen-bond acceptors (Lipinski definition) is 2. The molecule has 9 rings (SSSR count). The first-order chi connectivity index (χ1) is 25.1. The van der Waals surface area contributed by atoms with E-state index in [9.17, 15) is 0 Å². The summed E-state index contributed by atoms with van der Waals surface area (Å²) in [6, 6.07) is 68.0. The van der Waals surface area contributed by atoms with E-state index in [2.05, 4.69) is 216 Å². The first-order valence-electron chi connectivity index (χ1n) is 17.5. The smallest absolute Gasteiger partial charge is 0.0561 e. The van der Waals surface area contributed by atoms with Crippen molar-refractivity contribution in [1.29, 1.82) is 0 Å². The molecule has 0 fully saturated rings. The Morgan fingerprint density at radius 1 is 0.333 bits per heavy atom. The Morgan fingerprint density at radius 2 is 0.824 bits per heavy atom. The van der Waals surface area contributed by atoms with E-state index in [0.29, 0.717) is 0 Å². The first kappa shape index (κ1) is 30.5. The summed E-state index contributed by atoms with van der Waals surface area (Å²) < 4.78 is 2.43. The fourth-order valence-corrected chi connectivity index (χ4v) is 7.45. The lowest BCUT2D eigenvalue weighted by Gasteiger charge is -2.26. The monoisotopic (exact) mass is 655 g/mol. The van der Waals surface area contributed by atoms with Gasteiger partial charge in [-0.05, 0) is 133 Å². The van der Waals surface area contributed by atoms with Gasteiger partial charge in [0.05, 0.1) is 11.0 Å². The number of nitrogens with zero attached hydrogens (tertiary/aromatic N) is 3. The van der Waals surface area contributed by atoms with E-state index < -0.39 is 0 Å². The first-order valence-corrected chi connectivity index (χ1v) is 17.5. The van der Waals surface area contributed by atoms with Crippen molar-refractivity contribution in [2.75, 3.05) is 9.80 Å². The van der Waals surface area contributed by atoms with Crippen molar-refractivity contribution in [1.82, 2.24) is 4.57 Å². The molecular formula is C48H37N3. The van der Waals surface area contributed by atoms with Crippen LogP contribution < -0.4 is 9.80 Å². The van der Waals surface area contributed by atoms with Crippen LogP contribution >= 0.6 is 0 Å². The molecule has 0 saturated heterocycles. The Balaban J connectivity index is 1.27. The van der Waals surface area contributed by atoms with Crippen LogP contribution in [-0.2, 0) is 0 Å². The van der Waals surface area contributed by atoms with E-state index >= 15 is 0 Å². The van der Waals surface area contributed by atoms with Gasteiger partial charge >= 0.3 is 0 Å². The maximum absolute atomic E-state index is 2.43. The third-order valence-electron chi connectivity index (χ3n) is 9.77. The normalized spacial score (nSPS) is 11.3. The molecule has 8 aromatic carbocycles. The van der Waals surface area contributed by atoms with Crippen molar-refractivity contribution in [3.05, 3.63) is 199 Å². The van der Waals surface area contributed by atoms with Gasteiger partial charge in [0.15, 0.2) is 0 Å². The lowest BCUT2D eigenvalue weighted by atomic mass is 10.0. The van der Waals surface area contributed by atoms with Gasteiger partial charge in [0, 0.05) is 50.6 Å². The molecule has 0 aliphatic carbocycles. The Morgan fingerprint density at radius 3 is 1.41 bits per heavy atom. The Labute approximate surface area is 298 Å². The van der Waals surface area contributed by atoms with E-state index in [0.717, 1.165) is 39.8 Å². The molecule has 0 spiro atoms. The minimum atomic E-state index is 1.11. The minimum absolute atomic E-state index is 1.11. The number of rotatable bonds is 7. The fraction of sp³-hybridized carbons (Fsp3) is 0.0417. The van der Waals surface area contributed by atoms with Crippen molar-refractivity contribution in [3.8, 4) is 5.69 Å². The van der Waals surface area contributed by atoms with Gasteiger partial charge in [0.25, 0.3) is 0 Å². The second kappa shape index (κ2) is 12.7. The molecule has 0 N–H and O–H groups in total. The molecule has 0 unspecified atom stereocenters. The largest absolute Gasteiger partial charge is 0.310 e. The molecule has 3 heteroatoms. The maximum Gasteiger partial charge on any atom is 0.0561 e. The van der Waals surface area contributed by atoms with Gasteiger partial charge in [-0.25, -0.2) is 0 Å². The predicted octanol–water partition coefficient (Wildman–Crippen LogP) is 13.5. The maximum atomic E-state index is 2.43. The molecule has 0 aliphatic rings. The van der Waals surface area contributed by atoms with Gasteiger partial charge in [0.2, 0.25) is 0 Å². The summed E-state index contributed by atoms with van der Waals surface area (Å²) >= 11 is 0. The van der Waals surface area contributed by atoms with Gasteiger partial charge < -0.3 is 14.4 Å². The molecule has 244 valence electrons. The zero-order valence-corrected chi connectivity index (χ0v) is 28.7. The molecule has 51 heavy (non-hydrogen) atoms. The van der Waals surface area contributed by atoms with Crippen LogP contribution in [0.3, 0.4) is 0 Å². The molecule has 3 nitrogen and oxygen atoms in total. The quantitative estimate of drug-likeness (QED) is 0.169. The van der Waals surface area contributed by atoms with Crippen LogP contribution in [0.15, 0.2) is 188 Å². The zero-order valence-electron chi connectivity index (χ0n) is 28.7. The third kappa shape index (κ3) is 5.59. The molecule has 0 saturated carbocycles. The Hall–Kier alpha value is -6.58. The molecule has 0 atom stereocenters. The molecule has 0 aliphatic heterocycles. The van der Waals surface area contributed by atoms with Gasteiger partial charge in [-0.2, -0.15) is 0 Å². The standard InChI is InChI=1S/C48H37N3/c1-34-14-12-22-41(28-34)49(38-16-6-3-7-17-38)43-25-24-36-31-46-45-27-26-44(50(39-18-8-4-9-19-39)42-23-13-15-35(2)29-42)33-48(45)51(40-20-10-5-11-21-40)47(46)32-37(36)30-43/h3-33H,1-2H3. The van der Waals surface area contributed by atoms with Gasteiger partial charge in [-0.15, -0.1) is 0 Å². The topological polar surface area (TPSA) is 11.4 Å². The fourth-order valence-electron chi connectivity index (χ4n) is 7.45. The van der Waals surface area contributed by atoms with E-state index in [-0.39, 0.29) is 0 Å². The summed E-state index contributed by atoms with van der Waals surface area (Å²) in [6.45, 7) is 4.30. The summed E-state index contributed by atoms with van der Waals surface area (Å²) in [7, 11) is 0. The molecule has 1 heterocycles. The summed E-state index contributed by atoms with van der Waals surface area (Å²) in [6.07, 6.45) is 0. The Kier molecular flexibility index (Phi) is 7.59. The van der Waals surface area contributed by atoms with Crippen molar-refractivity contribution in [2.24, 2.45) is 0 Å². The van der Waals surface area contributed by atoms with Crippen LogP contribution in [0.5, 0.6) is 0 Å². The summed E-state index contributed by atoms with van der Waals surface area (Å²) in [5, 5.41) is 4.87. The van der Waals surface area contributed by atoms with Crippen molar-refractivity contribution in [2.45, 2.75) is 13.8 Å². The second-order valence-electron chi connectivity index (χ2n) is 13.3. The van der Waals surface area contributed by atoms with Crippen molar-refractivity contribution < 1.29 is 0 Å². The average molecular weight is 656 g/mol. The van der Waals surface area contributed by atoms with Crippen LogP contribution in [-0.4, -0.2) is 4.57 Å². The van der Waals surface area contributed by atoms with E-state index in [1.54, 1.807) is 0 Å². The molecule has 0 radical (unpaired) electrons.